The van der Waals surface area contributed by atoms with Crippen LogP contribution in [0, 0.1) is 5.82 Å². The number of aliphatic hydroxyl groups is 1. The number of amides is 2. The van der Waals surface area contributed by atoms with Gasteiger partial charge in [-0.2, -0.15) is 0 Å². The van der Waals surface area contributed by atoms with Crippen LogP contribution in [0.2, 0.25) is 5.02 Å². The van der Waals surface area contributed by atoms with E-state index in [0.29, 0.717) is 41.0 Å². The highest BCUT2D eigenvalue weighted by atomic mass is 35.5. The Balaban J connectivity index is 1.30. The number of hydrogen-bond acceptors (Lipinski definition) is 8. The molecule has 2 amide bonds. The minimum Gasteiger partial charge on any atom is -0.516 e. The van der Waals surface area contributed by atoms with Crippen LogP contribution < -0.4 is 15.4 Å². The third kappa shape index (κ3) is 7.36. The van der Waals surface area contributed by atoms with Crippen molar-refractivity contribution in [2.45, 2.75) is 49.7 Å². The third-order valence-corrected chi connectivity index (χ3v) is 7.73. The molecular weight excluding hydrogens is 585 g/mol. The molecule has 2 aliphatic heterocycles. The second-order valence-corrected chi connectivity index (χ2v) is 11.2. The summed E-state index contributed by atoms with van der Waals surface area (Å²) in [6.07, 6.45) is 3.19. The lowest BCUT2D eigenvalue weighted by Crippen LogP contribution is -2.46. The molecule has 1 saturated heterocycles. The van der Waals surface area contributed by atoms with Gasteiger partial charge in [-0.25, -0.2) is 14.4 Å². The maximum atomic E-state index is 14.3. The van der Waals surface area contributed by atoms with Crippen molar-refractivity contribution < 1.29 is 28.6 Å². The first-order valence-electron chi connectivity index (χ1n) is 14.0. The number of nitrogens with zero attached hydrogens (tertiary/aromatic N) is 3. The summed E-state index contributed by atoms with van der Waals surface area (Å²) in [7, 11) is 16.3. The zero-order valence-corrected chi connectivity index (χ0v) is 24.7. The quantitative estimate of drug-likeness (QED) is 0.298. The first-order chi connectivity index (χ1) is 20.9. The minimum atomic E-state index is -2.06. The van der Waals surface area contributed by atoms with Crippen molar-refractivity contribution in [3.8, 4) is 17.0 Å². The minimum absolute atomic E-state index is 0.0931. The van der Waals surface area contributed by atoms with Gasteiger partial charge in [0, 0.05) is 43.0 Å². The Morgan fingerprint density at radius 2 is 2.00 bits per heavy atom. The molecule has 0 saturated carbocycles. The van der Waals surface area contributed by atoms with Gasteiger partial charge in [-0.15, -0.1) is 0 Å². The van der Waals surface area contributed by atoms with Crippen molar-refractivity contribution in [3.05, 3.63) is 70.1 Å². The summed E-state index contributed by atoms with van der Waals surface area (Å²) in [5, 5.41) is 14.2. The van der Waals surface area contributed by atoms with E-state index in [-0.39, 0.29) is 29.8 Å². The molecule has 0 aliphatic carbocycles. The number of carbonyl (C=O) groups excluding carboxylic acids is 2. The summed E-state index contributed by atoms with van der Waals surface area (Å²) in [6, 6.07) is 7.01. The molecule has 2 aromatic carbocycles. The Kier molecular flexibility index (Phi) is 9.52. The number of hydrogen-bond donors (Lipinski definition) is 3. The molecule has 3 N–H and O–H groups in total. The number of rotatable bonds is 10. The molecule has 1 fully saturated rings. The summed E-state index contributed by atoms with van der Waals surface area (Å²) in [5.41, 5.74) is 2.41. The number of halogens is 2. The van der Waals surface area contributed by atoms with Gasteiger partial charge >= 0.3 is 0 Å². The van der Waals surface area contributed by atoms with Gasteiger partial charge in [0.1, 0.15) is 41.1 Å². The van der Waals surface area contributed by atoms with Gasteiger partial charge in [-0.05, 0) is 54.4 Å². The van der Waals surface area contributed by atoms with Crippen molar-refractivity contribution in [1.82, 2.24) is 20.2 Å². The summed E-state index contributed by atoms with van der Waals surface area (Å²) in [4.78, 5) is 37.1. The number of aliphatic hydroxyl groups excluding tert-OH is 1. The first-order valence-corrected chi connectivity index (χ1v) is 14.4. The van der Waals surface area contributed by atoms with Crippen LogP contribution in [-0.2, 0) is 16.1 Å². The Bertz CT molecular complexity index is 1560. The summed E-state index contributed by atoms with van der Waals surface area (Å²) in [5.74, 6) is -1.31. The van der Waals surface area contributed by atoms with Crippen molar-refractivity contribution in [1.29, 1.82) is 0 Å². The molecule has 222 valence electrons. The van der Waals surface area contributed by atoms with Crippen LogP contribution in [0.4, 0.5) is 10.3 Å². The fraction of sp³-hybridized carbons (Fsp3) is 0.379. The van der Waals surface area contributed by atoms with Gasteiger partial charge < -0.3 is 30.1 Å². The highest BCUT2D eigenvalue weighted by Crippen LogP contribution is 2.33. The summed E-state index contributed by atoms with van der Waals surface area (Å²) < 4.78 is 24.8. The van der Waals surface area contributed by atoms with Crippen molar-refractivity contribution in [3.63, 3.8) is 0 Å². The molecule has 10 nitrogen and oxygen atoms in total. The average Bonchev–Trinajstić information content (AvgIpc) is 3.31. The number of anilines is 1. The third-order valence-electron chi connectivity index (χ3n) is 7.45. The van der Waals surface area contributed by atoms with E-state index in [1.54, 1.807) is 19.1 Å². The van der Waals surface area contributed by atoms with Crippen LogP contribution >= 0.6 is 11.6 Å². The Morgan fingerprint density at radius 3 is 2.70 bits per heavy atom. The van der Waals surface area contributed by atoms with Crippen LogP contribution in [0.15, 0.2) is 42.6 Å². The van der Waals surface area contributed by atoms with Gasteiger partial charge in [0.05, 0.1) is 29.6 Å². The molecule has 44 heavy (non-hydrogen) atoms. The van der Waals surface area contributed by atoms with E-state index in [1.807, 2.05) is 6.07 Å². The maximum Gasteiger partial charge on any atom is 0.255 e. The SMILES string of the molecule is [B]C([B])([B])Oc1cc(F)cc([C@@H](CO)NC(=O)[C@@H](C)N2Cc3ccc(-c4nc(NC5CCOCC5)ncc4Cl)cc3C2=O)c1. The molecule has 5 rings (SSSR count). The predicted molar refractivity (Wildman–Crippen MR) is 164 cm³/mol. The summed E-state index contributed by atoms with van der Waals surface area (Å²) in [6.45, 7) is 2.51. The Labute approximate surface area is 263 Å². The fourth-order valence-electron chi connectivity index (χ4n) is 5.16. The van der Waals surface area contributed by atoms with Gasteiger partial charge in [-0.1, -0.05) is 23.7 Å². The second-order valence-electron chi connectivity index (χ2n) is 10.8. The molecule has 0 bridgehead atoms. The monoisotopic (exact) mass is 613 g/mol. The molecule has 6 radical (unpaired) electrons. The van der Waals surface area contributed by atoms with Gasteiger partial charge in [0.2, 0.25) is 11.9 Å². The number of fused-ring (bicyclic) bond motifs is 1. The van der Waals surface area contributed by atoms with Crippen LogP contribution in [0.25, 0.3) is 11.3 Å². The predicted octanol–water partition coefficient (Wildman–Crippen LogP) is 2.22. The van der Waals surface area contributed by atoms with E-state index in [2.05, 4.69) is 20.6 Å². The number of nitrogens with one attached hydrogen (secondary N) is 2. The largest absolute Gasteiger partial charge is 0.516 e. The topological polar surface area (TPSA) is 126 Å². The van der Waals surface area contributed by atoms with E-state index in [9.17, 15) is 19.1 Å². The van der Waals surface area contributed by atoms with E-state index < -0.39 is 35.7 Å². The lowest BCUT2D eigenvalue weighted by Gasteiger charge is -2.27. The molecule has 15 heteroatoms. The van der Waals surface area contributed by atoms with E-state index in [1.165, 1.54) is 17.2 Å². The molecule has 3 aromatic rings. The van der Waals surface area contributed by atoms with Crippen LogP contribution in [0.3, 0.4) is 0 Å². The number of benzene rings is 2. The van der Waals surface area contributed by atoms with E-state index >= 15 is 0 Å². The van der Waals surface area contributed by atoms with Crippen molar-refractivity contribution in [2.75, 3.05) is 25.1 Å². The van der Waals surface area contributed by atoms with E-state index in [4.69, 9.17) is 44.6 Å². The standard InChI is InChI=1S/C29H28B3ClFN5O5/c1-15(26(41)37-24(14-40)18-8-19(34)11-21(9-18)44-29(30,31)32)39-13-17-3-2-16(10-22(17)27(39)42)25-23(33)12-35-28(38-25)36-20-4-6-43-7-5-20/h2-3,8-12,15,20,24,40H,4-7,13-14H2,1H3,(H,37,41)(H,35,36,38)/t15-,24-/m1/s1. The highest BCUT2D eigenvalue weighted by molar-refractivity contribution is 6.58. The molecule has 2 aliphatic rings. The maximum absolute atomic E-state index is 14.3. The van der Waals surface area contributed by atoms with Crippen LogP contribution in [-0.4, -0.2) is 92.5 Å². The Morgan fingerprint density at radius 1 is 1.25 bits per heavy atom. The Hall–Kier alpha value is -3.61. The lowest BCUT2D eigenvalue weighted by atomic mass is 9.52. The van der Waals surface area contributed by atoms with E-state index in [0.717, 1.165) is 30.5 Å². The van der Waals surface area contributed by atoms with Crippen molar-refractivity contribution in [2.24, 2.45) is 0 Å². The van der Waals surface area contributed by atoms with Gasteiger partial charge in [0.25, 0.3) is 5.91 Å². The number of carbonyl (C=O) groups is 2. The molecule has 3 heterocycles. The first kappa shape index (κ1) is 31.8. The normalized spacial score (nSPS) is 16.7. The average molecular weight is 613 g/mol. The highest BCUT2D eigenvalue weighted by Gasteiger charge is 2.35. The molecule has 0 spiro atoms. The lowest BCUT2D eigenvalue weighted by molar-refractivity contribution is -0.126. The smallest absolute Gasteiger partial charge is 0.255 e. The number of aromatic nitrogens is 2. The zero-order chi connectivity index (χ0) is 31.6. The molecule has 1 aromatic heterocycles. The second kappa shape index (κ2) is 13.2. The zero-order valence-electron chi connectivity index (χ0n) is 23.9. The fourth-order valence-corrected chi connectivity index (χ4v) is 5.36. The van der Waals surface area contributed by atoms with Crippen LogP contribution in [0.5, 0.6) is 5.75 Å². The number of ether oxygens (including phenoxy) is 2. The van der Waals surface area contributed by atoms with Gasteiger partial charge in [-0.3, -0.25) is 9.59 Å². The van der Waals surface area contributed by atoms with Crippen LogP contribution in [0.1, 0.15) is 47.3 Å². The summed E-state index contributed by atoms with van der Waals surface area (Å²) >= 11 is 6.45. The molecule has 2 atom stereocenters. The molecule has 0 unspecified atom stereocenters. The van der Waals surface area contributed by atoms with Crippen molar-refractivity contribution >= 4 is 52.9 Å². The van der Waals surface area contributed by atoms with Gasteiger partial charge in [0.15, 0.2) is 0 Å². The molecular formula is C29H28B3ClFN5O5.